The molecule has 1 aliphatic heterocycles. The van der Waals surface area contributed by atoms with E-state index in [0.29, 0.717) is 36.2 Å². The van der Waals surface area contributed by atoms with Gasteiger partial charge in [-0.05, 0) is 95.2 Å². The van der Waals surface area contributed by atoms with Crippen LogP contribution in [0, 0.1) is 17.2 Å². The highest BCUT2D eigenvalue weighted by molar-refractivity contribution is 5.71. The maximum atomic E-state index is 15.1. The van der Waals surface area contributed by atoms with Crippen molar-refractivity contribution in [2.24, 2.45) is 11.3 Å². The Labute approximate surface area is 236 Å². The van der Waals surface area contributed by atoms with E-state index in [1.165, 1.54) is 18.9 Å². The Balaban J connectivity index is 1.43. The molecule has 3 aromatic carbocycles. The third-order valence-electron chi connectivity index (χ3n) is 8.29. The van der Waals surface area contributed by atoms with E-state index in [9.17, 15) is 9.90 Å². The lowest BCUT2D eigenvalue weighted by molar-refractivity contribution is -0.137. The van der Waals surface area contributed by atoms with E-state index >= 15 is 4.39 Å². The van der Waals surface area contributed by atoms with Crippen LogP contribution in [-0.4, -0.2) is 24.8 Å². The second kappa shape index (κ2) is 12.0. The first-order chi connectivity index (χ1) is 19.2. The van der Waals surface area contributed by atoms with Crippen LogP contribution in [0.25, 0.3) is 11.1 Å². The SMILES string of the molecule is COc1ccc(F)c(-c2ccc(COc3cccc(C(CC(=O)O)CC4CC4)c3)cc2[C@@H]2OCCCC2(C)C)c1. The van der Waals surface area contributed by atoms with Crippen LogP contribution in [0.3, 0.4) is 0 Å². The summed E-state index contributed by atoms with van der Waals surface area (Å²) >= 11 is 0. The van der Waals surface area contributed by atoms with Gasteiger partial charge in [-0.15, -0.1) is 0 Å². The number of halogens is 1. The molecule has 1 unspecified atom stereocenters. The molecule has 0 spiro atoms. The van der Waals surface area contributed by atoms with Crippen molar-refractivity contribution in [1.82, 2.24) is 0 Å². The lowest BCUT2D eigenvalue weighted by Crippen LogP contribution is -2.30. The van der Waals surface area contributed by atoms with Crippen molar-refractivity contribution in [2.75, 3.05) is 13.7 Å². The fourth-order valence-electron chi connectivity index (χ4n) is 5.93. The summed E-state index contributed by atoms with van der Waals surface area (Å²) in [7, 11) is 1.58. The third kappa shape index (κ3) is 6.67. The second-order valence-electron chi connectivity index (χ2n) is 11.9. The summed E-state index contributed by atoms with van der Waals surface area (Å²) in [5.41, 5.74) is 4.07. The van der Waals surface area contributed by atoms with Gasteiger partial charge in [0.05, 0.1) is 19.6 Å². The Kier molecular flexibility index (Phi) is 8.46. The molecule has 0 radical (unpaired) electrons. The van der Waals surface area contributed by atoms with Gasteiger partial charge in [0.15, 0.2) is 0 Å². The van der Waals surface area contributed by atoms with Gasteiger partial charge < -0.3 is 19.3 Å². The standard InChI is InChI=1S/C34H39FO5/c1-34(2)14-5-15-39-33(34)30-17-23(10-12-28(30)29-20-26(38-3)11-13-31(29)35)21-40-27-7-4-6-24(18-27)25(19-32(36)37)16-22-8-9-22/h4,6-7,10-13,17-18,20,22,25,33H,5,8-9,14-16,19,21H2,1-3H3,(H,36,37)/t25?,33-/m0/s1. The molecule has 6 heteroatoms. The Hall–Kier alpha value is -3.38. The first-order valence-electron chi connectivity index (χ1n) is 14.3. The van der Waals surface area contributed by atoms with Crippen LogP contribution in [0.15, 0.2) is 60.7 Å². The summed E-state index contributed by atoms with van der Waals surface area (Å²) in [6.45, 7) is 5.40. The molecule has 1 N–H and O–H groups in total. The van der Waals surface area contributed by atoms with Crippen molar-refractivity contribution in [3.63, 3.8) is 0 Å². The fourth-order valence-corrected chi connectivity index (χ4v) is 5.93. The van der Waals surface area contributed by atoms with Crippen LogP contribution in [0.4, 0.5) is 4.39 Å². The zero-order valence-corrected chi connectivity index (χ0v) is 23.6. The number of aliphatic carboxylic acids is 1. The number of benzene rings is 3. The molecule has 5 rings (SSSR count). The molecular weight excluding hydrogens is 507 g/mol. The summed E-state index contributed by atoms with van der Waals surface area (Å²) < 4.78 is 33.0. The Morgan fingerprint density at radius 2 is 1.90 bits per heavy atom. The Morgan fingerprint density at radius 1 is 1.07 bits per heavy atom. The second-order valence-corrected chi connectivity index (χ2v) is 11.9. The van der Waals surface area contributed by atoms with Crippen LogP contribution in [0.1, 0.15) is 81.1 Å². The van der Waals surface area contributed by atoms with Gasteiger partial charge in [0.2, 0.25) is 0 Å². The van der Waals surface area contributed by atoms with Crippen LogP contribution in [-0.2, 0) is 16.1 Å². The molecule has 3 aromatic rings. The number of ether oxygens (including phenoxy) is 3. The van der Waals surface area contributed by atoms with E-state index in [1.54, 1.807) is 19.2 Å². The molecule has 0 aromatic heterocycles. The molecule has 2 fully saturated rings. The van der Waals surface area contributed by atoms with Crippen LogP contribution in [0.5, 0.6) is 11.5 Å². The minimum Gasteiger partial charge on any atom is -0.497 e. The number of rotatable bonds is 11. The summed E-state index contributed by atoms with van der Waals surface area (Å²) in [5.74, 6) is 0.849. The summed E-state index contributed by atoms with van der Waals surface area (Å²) in [4.78, 5) is 11.5. The first kappa shape index (κ1) is 28.2. The van der Waals surface area contributed by atoms with Crippen molar-refractivity contribution in [2.45, 2.75) is 71.0 Å². The number of hydrogen-bond donors (Lipinski definition) is 1. The zero-order chi connectivity index (χ0) is 28.3. The van der Waals surface area contributed by atoms with Gasteiger partial charge in [0.1, 0.15) is 23.9 Å². The average molecular weight is 547 g/mol. The van der Waals surface area contributed by atoms with Crippen molar-refractivity contribution >= 4 is 5.97 Å². The molecule has 1 heterocycles. The van der Waals surface area contributed by atoms with Crippen molar-refractivity contribution < 1.29 is 28.5 Å². The molecule has 1 saturated heterocycles. The minimum atomic E-state index is -0.773. The number of carboxylic acids is 1. The van der Waals surface area contributed by atoms with Gasteiger partial charge in [-0.25, -0.2) is 4.39 Å². The first-order valence-corrected chi connectivity index (χ1v) is 14.3. The normalized spacial score (nSPS) is 19.1. The highest BCUT2D eigenvalue weighted by Gasteiger charge is 2.36. The summed E-state index contributed by atoms with van der Waals surface area (Å²) in [6.07, 6.45) is 5.22. The molecule has 40 heavy (non-hydrogen) atoms. The maximum absolute atomic E-state index is 15.1. The van der Waals surface area contributed by atoms with Gasteiger partial charge >= 0.3 is 5.97 Å². The Morgan fingerprint density at radius 3 is 2.62 bits per heavy atom. The molecule has 2 atom stereocenters. The van der Waals surface area contributed by atoms with E-state index in [4.69, 9.17) is 14.2 Å². The molecule has 212 valence electrons. The van der Waals surface area contributed by atoms with Crippen LogP contribution in [0.2, 0.25) is 0 Å². The molecule has 1 saturated carbocycles. The predicted octanol–water partition coefficient (Wildman–Crippen LogP) is 8.32. The monoisotopic (exact) mass is 546 g/mol. The summed E-state index contributed by atoms with van der Waals surface area (Å²) in [5, 5.41) is 9.45. The minimum absolute atomic E-state index is 0.0112. The number of carbonyl (C=O) groups is 1. The van der Waals surface area contributed by atoms with Crippen molar-refractivity contribution in [1.29, 1.82) is 0 Å². The smallest absolute Gasteiger partial charge is 0.303 e. The van der Waals surface area contributed by atoms with Crippen LogP contribution < -0.4 is 9.47 Å². The Bertz CT molecular complexity index is 1350. The highest BCUT2D eigenvalue weighted by Crippen LogP contribution is 2.47. The number of carboxylic acid groups (broad SMARTS) is 1. The molecule has 2 aliphatic rings. The zero-order valence-electron chi connectivity index (χ0n) is 23.6. The largest absolute Gasteiger partial charge is 0.497 e. The molecule has 1 aliphatic carbocycles. The van der Waals surface area contributed by atoms with E-state index < -0.39 is 5.97 Å². The van der Waals surface area contributed by atoms with Gasteiger partial charge in [0, 0.05) is 12.2 Å². The summed E-state index contributed by atoms with van der Waals surface area (Å²) in [6, 6.07) is 18.6. The lowest BCUT2D eigenvalue weighted by Gasteiger charge is -2.39. The van der Waals surface area contributed by atoms with Crippen molar-refractivity contribution in [3.05, 3.63) is 83.2 Å². The van der Waals surface area contributed by atoms with E-state index in [-0.39, 0.29) is 29.7 Å². The lowest BCUT2D eigenvalue weighted by atomic mass is 9.75. The number of methoxy groups -OCH3 is 1. The highest BCUT2D eigenvalue weighted by atomic mass is 19.1. The number of hydrogen-bond acceptors (Lipinski definition) is 4. The molecule has 0 amide bonds. The van der Waals surface area contributed by atoms with Gasteiger partial charge in [-0.2, -0.15) is 0 Å². The van der Waals surface area contributed by atoms with Crippen molar-refractivity contribution in [3.8, 4) is 22.6 Å². The quantitative estimate of drug-likeness (QED) is 0.262. The maximum Gasteiger partial charge on any atom is 0.303 e. The molecule has 5 nitrogen and oxygen atoms in total. The third-order valence-corrected chi connectivity index (χ3v) is 8.29. The fraction of sp³-hybridized carbons (Fsp3) is 0.441. The molecule has 0 bridgehead atoms. The van der Waals surface area contributed by atoms with Gasteiger partial charge in [0.25, 0.3) is 0 Å². The van der Waals surface area contributed by atoms with E-state index in [0.717, 1.165) is 41.5 Å². The van der Waals surface area contributed by atoms with E-state index in [1.807, 2.05) is 36.4 Å². The van der Waals surface area contributed by atoms with Gasteiger partial charge in [-0.1, -0.05) is 51.0 Å². The topological polar surface area (TPSA) is 65.0 Å². The predicted molar refractivity (Wildman–Crippen MR) is 153 cm³/mol. The molecular formula is C34H39FO5. The van der Waals surface area contributed by atoms with E-state index in [2.05, 4.69) is 19.9 Å². The van der Waals surface area contributed by atoms with Gasteiger partial charge in [-0.3, -0.25) is 4.79 Å². The van der Waals surface area contributed by atoms with Crippen LogP contribution >= 0.6 is 0 Å². The average Bonchev–Trinajstić information content (AvgIpc) is 3.76.